The standard InChI is InChI=1S/C15H15ClO2/c1-18-15(17)14(11-5-3-2-4-6-11)12-7-9-13(16)10-8-12/h3-11,14H,2H2,1H3/t14-/m1/s1. The molecule has 0 spiro atoms. The first-order chi connectivity index (χ1) is 8.72. The van der Waals surface area contributed by atoms with Gasteiger partial charge in [0.1, 0.15) is 0 Å². The van der Waals surface area contributed by atoms with Crippen molar-refractivity contribution in [1.82, 2.24) is 0 Å². The molecule has 0 N–H and O–H groups in total. The molecule has 1 aliphatic carbocycles. The molecule has 1 aromatic rings. The zero-order valence-corrected chi connectivity index (χ0v) is 10.9. The summed E-state index contributed by atoms with van der Waals surface area (Å²) in [6.07, 6.45) is 9.16. The molecule has 1 aromatic carbocycles. The van der Waals surface area contributed by atoms with Gasteiger partial charge >= 0.3 is 5.97 Å². The fraction of sp³-hybridized carbons (Fsp3) is 0.267. The number of hydrogen-bond donors (Lipinski definition) is 0. The molecule has 18 heavy (non-hydrogen) atoms. The molecule has 0 aromatic heterocycles. The number of methoxy groups -OCH3 is 1. The Labute approximate surface area is 112 Å². The van der Waals surface area contributed by atoms with Crippen LogP contribution < -0.4 is 0 Å². The second-order valence-electron chi connectivity index (χ2n) is 4.22. The summed E-state index contributed by atoms with van der Waals surface area (Å²) in [5, 5.41) is 0.664. The van der Waals surface area contributed by atoms with Crippen molar-refractivity contribution in [1.29, 1.82) is 0 Å². The molecule has 0 saturated heterocycles. The van der Waals surface area contributed by atoms with Crippen molar-refractivity contribution in [3.05, 3.63) is 59.2 Å². The maximum Gasteiger partial charge on any atom is 0.314 e. The summed E-state index contributed by atoms with van der Waals surface area (Å²) in [5.41, 5.74) is 0.924. The highest BCUT2D eigenvalue weighted by molar-refractivity contribution is 6.30. The number of esters is 1. The smallest absolute Gasteiger partial charge is 0.314 e. The Balaban J connectivity index is 2.33. The van der Waals surface area contributed by atoms with Gasteiger partial charge < -0.3 is 4.74 Å². The molecule has 1 aliphatic rings. The Hall–Kier alpha value is -1.54. The molecule has 2 nitrogen and oxygen atoms in total. The van der Waals surface area contributed by atoms with Crippen LogP contribution in [0.5, 0.6) is 0 Å². The summed E-state index contributed by atoms with van der Waals surface area (Å²) in [6.45, 7) is 0. The van der Waals surface area contributed by atoms with E-state index < -0.39 is 0 Å². The Kier molecular flexibility index (Phi) is 4.21. The Bertz CT molecular complexity index is 462. The summed E-state index contributed by atoms with van der Waals surface area (Å²) in [7, 11) is 1.42. The Morgan fingerprint density at radius 1 is 1.28 bits per heavy atom. The zero-order chi connectivity index (χ0) is 13.0. The quantitative estimate of drug-likeness (QED) is 0.613. The molecule has 0 heterocycles. The van der Waals surface area contributed by atoms with Gasteiger partial charge in [-0.25, -0.2) is 0 Å². The van der Waals surface area contributed by atoms with Crippen LogP contribution in [-0.4, -0.2) is 13.1 Å². The summed E-state index contributed by atoms with van der Waals surface area (Å²) >= 11 is 5.87. The largest absolute Gasteiger partial charge is 0.469 e. The molecule has 0 bridgehead atoms. The highest BCUT2D eigenvalue weighted by Crippen LogP contribution is 2.31. The highest BCUT2D eigenvalue weighted by Gasteiger charge is 2.28. The minimum absolute atomic E-state index is 0.0485. The number of benzene rings is 1. The van der Waals surface area contributed by atoms with Gasteiger partial charge in [-0.05, 0) is 24.1 Å². The van der Waals surface area contributed by atoms with Crippen molar-refractivity contribution >= 4 is 17.6 Å². The van der Waals surface area contributed by atoms with Gasteiger partial charge in [0.2, 0.25) is 0 Å². The van der Waals surface area contributed by atoms with Crippen molar-refractivity contribution in [3.8, 4) is 0 Å². The topological polar surface area (TPSA) is 26.3 Å². The van der Waals surface area contributed by atoms with Crippen LogP contribution in [0.1, 0.15) is 17.9 Å². The molecule has 0 radical (unpaired) electrons. The highest BCUT2D eigenvalue weighted by atomic mass is 35.5. The van der Waals surface area contributed by atoms with Gasteiger partial charge in [-0.3, -0.25) is 4.79 Å². The van der Waals surface area contributed by atoms with E-state index in [1.807, 2.05) is 12.1 Å². The minimum Gasteiger partial charge on any atom is -0.469 e. The van der Waals surface area contributed by atoms with Crippen LogP contribution in [0.2, 0.25) is 5.02 Å². The molecule has 2 rings (SSSR count). The number of carbonyl (C=O) groups excluding carboxylic acids is 1. The molecule has 0 amide bonds. The van der Waals surface area contributed by atoms with Gasteiger partial charge in [-0.2, -0.15) is 0 Å². The van der Waals surface area contributed by atoms with Crippen molar-refractivity contribution < 1.29 is 9.53 Å². The van der Waals surface area contributed by atoms with E-state index >= 15 is 0 Å². The monoisotopic (exact) mass is 262 g/mol. The summed E-state index contributed by atoms with van der Waals surface area (Å²) < 4.78 is 4.91. The molecule has 0 aliphatic heterocycles. The van der Waals surface area contributed by atoms with Crippen LogP contribution in [0.4, 0.5) is 0 Å². The molecule has 3 heteroatoms. The number of carbonyl (C=O) groups is 1. The third-order valence-electron chi connectivity index (χ3n) is 3.06. The average molecular weight is 263 g/mol. The first-order valence-electron chi connectivity index (χ1n) is 5.89. The van der Waals surface area contributed by atoms with Crippen molar-refractivity contribution in [3.63, 3.8) is 0 Å². The maximum absolute atomic E-state index is 12.0. The third kappa shape index (κ3) is 2.82. The lowest BCUT2D eigenvalue weighted by Crippen LogP contribution is -2.21. The predicted molar refractivity (Wildman–Crippen MR) is 72.6 cm³/mol. The van der Waals surface area contributed by atoms with Gasteiger partial charge in [-0.1, -0.05) is 48.0 Å². The molecule has 0 saturated carbocycles. The number of rotatable bonds is 3. The molecule has 94 valence electrons. The van der Waals surface area contributed by atoms with E-state index in [2.05, 4.69) is 24.3 Å². The van der Waals surface area contributed by atoms with Gasteiger partial charge in [0.25, 0.3) is 0 Å². The van der Waals surface area contributed by atoms with E-state index in [0.717, 1.165) is 12.0 Å². The SMILES string of the molecule is COC(=O)[C@@H](c1ccc(Cl)cc1)C1C=CCC=C1. The summed E-state index contributed by atoms with van der Waals surface area (Å²) in [4.78, 5) is 12.0. The fourth-order valence-electron chi connectivity index (χ4n) is 2.15. The van der Waals surface area contributed by atoms with Crippen molar-refractivity contribution in [2.24, 2.45) is 5.92 Å². The zero-order valence-electron chi connectivity index (χ0n) is 10.2. The van der Waals surface area contributed by atoms with Crippen molar-refractivity contribution in [2.45, 2.75) is 12.3 Å². The van der Waals surface area contributed by atoms with Gasteiger partial charge in [-0.15, -0.1) is 0 Å². The number of hydrogen-bond acceptors (Lipinski definition) is 2. The van der Waals surface area contributed by atoms with Gasteiger partial charge in [0.15, 0.2) is 0 Å². The number of halogens is 1. The Morgan fingerprint density at radius 2 is 1.89 bits per heavy atom. The molecule has 0 unspecified atom stereocenters. The normalized spacial score (nSPS) is 16.6. The minimum atomic E-state index is -0.305. The van der Waals surface area contributed by atoms with Crippen LogP contribution in [-0.2, 0) is 9.53 Å². The molecular formula is C15H15ClO2. The van der Waals surface area contributed by atoms with Crippen LogP contribution in [0.25, 0.3) is 0 Å². The van der Waals surface area contributed by atoms with Crippen LogP contribution >= 0.6 is 11.6 Å². The van der Waals surface area contributed by atoms with E-state index in [1.54, 1.807) is 12.1 Å². The first kappa shape index (κ1) is 12.9. The fourth-order valence-corrected chi connectivity index (χ4v) is 2.27. The van der Waals surface area contributed by atoms with Crippen LogP contribution in [0.3, 0.4) is 0 Å². The lowest BCUT2D eigenvalue weighted by atomic mass is 9.84. The molecular weight excluding hydrogens is 248 g/mol. The van der Waals surface area contributed by atoms with Crippen LogP contribution in [0, 0.1) is 5.92 Å². The van der Waals surface area contributed by atoms with E-state index in [-0.39, 0.29) is 17.8 Å². The van der Waals surface area contributed by atoms with Gasteiger partial charge in [0.05, 0.1) is 13.0 Å². The maximum atomic E-state index is 12.0. The third-order valence-corrected chi connectivity index (χ3v) is 3.31. The van der Waals surface area contributed by atoms with Crippen LogP contribution in [0.15, 0.2) is 48.6 Å². The second kappa shape index (κ2) is 5.87. The van der Waals surface area contributed by atoms with Crippen molar-refractivity contribution in [2.75, 3.05) is 7.11 Å². The van der Waals surface area contributed by atoms with E-state index in [0.29, 0.717) is 5.02 Å². The summed E-state index contributed by atoms with van der Waals surface area (Å²) in [5.74, 6) is -0.481. The average Bonchev–Trinajstić information content (AvgIpc) is 2.42. The molecule has 0 fully saturated rings. The van der Waals surface area contributed by atoms with E-state index in [1.165, 1.54) is 7.11 Å². The predicted octanol–water partition coefficient (Wildman–Crippen LogP) is 3.73. The van der Waals surface area contributed by atoms with E-state index in [4.69, 9.17) is 16.3 Å². The van der Waals surface area contributed by atoms with E-state index in [9.17, 15) is 4.79 Å². The first-order valence-corrected chi connectivity index (χ1v) is 6.27. The number of ether oxygens (including phenoxy) is 1. The second-order valence-corrected chi connectivity index (χ2v) is 4.66. The lowest BCUT2D eigenvalue weighted by Gasteiger charge is -2.22. The molecule has 1 atom stereocenters. The number of allylic oxidation sites excluding steroid dienone is 4. The Morgan fingerprint density at radius 3 is 2.44 bits per heavy atom. The lowest BCUT2D eigenvalue weighted by molar-refractivity contribution is -0.143. The van der Waals surface area contributed by atoms with Gasteiger partial charge in [0, 0.05) is 10.9 Å². The summed E-state index contributed by atoms with van der Waals surface area (Å²) in [6, 6.07) is 7.34.